The quantitative estimate of drug-likeness (QED) is 0.920. The SMILES string of the molecule is COc1ccccc1[C@H]1C2=C(C[C@@H](C)CC2=O)Nc2nc(C)nn21. The number of rotatable bonds is 2. The summed E-state index contributed by atoms with van der Waals surface area (Å²) in [5, 5.41) is 7.86. The number of nitrogens with one attached hydrogen (secondary N) is 1. The molecule has 4 rings (SSSR count). The van der Waals surface area contributed by atoms with Gasteiger partial charge in [-0.05, 0) is 25.3 Å². The third-order valence-electron chi connectivity index (χ3n) is 4.66. The Morgan fingerprint density at radius 2 is 2.08 bits per heavy atom. The van der Waals surface area contributed by atoms with E-state index in [0.717, 1.165) is 29.0 Å². The van der Waals surface area contributed by atoms with Gasteiger partial charge in [0.15, 0.2) is 5.78 Å². The fourth-order valence-electron chi connectivity index (χ4n) is 3.69. The molecule has 0 saturated heterocycles. The van der Waals surface area contributed by atoms with Crippen molar-refractivity contribution in [3.05, 3.63) is 46.9 Å². The molecular weight excluding hydrogens is 304 g/mol. The number of fused-ring (bicyclic) bond motifs is 1. The molecule has 0 radical (unpaired) electrons. The van der Waals surface area contributed by atoms with Gasteiger partial charge in [-0.25, -0.2) is 4.68 Å². The number of allylic oxidation sites excluding steroid dienone is 2. The van der Waals surface area contributed by atoms with Crippen LogP contribution in [0.15, 0.2) is 35.5 Å². The summed E-state index contributed by atoms with van der Waals surface area (Å²) in [5.41, 5.74) is 2.69. The standard InChI is InChI=1S/C18H20N4O2/c1-10-8-13-16(14(23)9-10)17(12-6-4-5-7-15(12)24-3)22-18(20-13)19-11(2)21-22/h4-7,10,17H,8-9H2,1-3H3,(H,19,20,21)/t10-,17+/m1/s1. The second-order valence-electron chi connectivity index (χ2n) is 6.53. The molecule has 6 heteroatoms. The molecule has 124 valence electrons. The van der Waals surface area contributed by atoms with Crippen LogP contribution >= 0.6 is 0 Å². The highest BCUT2D eigenvalue weighted by atomic mass is 16.5. The molecule has 0 bridgehead atoms. The number of hydrogen-bond donors (Lipinski definition) is 1. The van der Waals surface area contributed by atoms with Crippen molar-refractivity contribution in [1.29, 1.82) is 0 Å². The van der Waals surface area contributed by atoms with Gasteiger partial charge in [0.25, 0.3) is 0 Å². The first-order valence-electron chi connectivity index (χ1n) is 8.17. The smallest absolute Gasteiger partial charge is 0.226 e. The lowest BCUT2D eigenvalue weighted by molar-refractivity contribution is -0.117. The number of hydrogen-bond acceptors (Lipinski definition) is 5. The third kappa shape index (κ3) is 2.21. The number of nitrogens with zero attached hydrogens (tertiary/aromatic N) is 3. The van der Waals surface area contributed by atoms with Crippen LogP contribution in [0.3, 0.4) is 0 Å². The summed E-state index contributed by atoms with van der Waals surface area (Å²) in [5.74, 6) is 2.62. The summed E-state index contributed by atoms with van der Waals surface area (Å²) in [4.78, 5) is 17.3. The number of Topliss-reactive ketones (excluding diaryl/α,β-unsaturated/α-hetero) is 1. The number of carbonyl (C=O) groups excluding carboxylic acids is 1. The highest BCUT2D eigenvalue weighted by Gasteiger charge is 2.39. The molecule has 2 aromatic rings. The summed E-state index contributed by atoms with van der Waals surface area (Å²) >= 11 is 0. The Balaban J connectivity index is 1.95. The topological polar surface area (TPSA) is 69.0 Å². The Kier molecular flexibility index (Phi) is 3.40. The Morgan fingerprint density at radius 1 is 1.29 bits per heavy atom. The molecule has 2 atom stereocenters. The summed E-state index contributed by atoms with van der Waals surface area (Å²) in [6, 6.07) is 7.49. The molecule has 0 spiro atoms. The van der Waals surface area contributed by atoms with Crippen LogP contribution in [-0.4, -0.2) is 27.7 Å². The van der Waals surface area contributed by atoms with Gasteiger partial charge in [-0.15, -0.1) is 0 Å². The maximum Gasteiger partial charge on any atom is 0.226 e. The van der Waals surface area contributed by atoms with Crippen LogP contribution in [0.1, 0.15) is 37.2 Å². The normalized spacial score (nSPS) is 22.7. The van der Waals surface area contributed by atoms with E-state index in [1.54, 1.807) is 11.8 Å². The monoisotopic (exact) mass is 324 g/mol. The van der Waals surface area contributed by atoms with Crippen molar-refractivity contribution in [3.63, 3.8) is 0 Å². The van der Waals surface area contributed by atoms with Crippen LogP contribution in [0.2, 0.25) is 0 Å². The minimum absolute atomic E-state index is 0.172. The van der Waals surface area contributed by atoms with E-state index < -0.39 is 0 Å². The number of benzene rings is 1. The van der Waals surface area contributed by atoms with Crippen molar-refractivity contribution in [3.8, 4) is 5.75 Å². The molecule has 2 aliphatic rings. The Bertz CT molecular complexity index is 852. The zero-order valence-corrected chi connectivity index (χ0v) is 14.0. The second kappa shape index (κ2) is 5.47. The highest BCUT2D eigenvalue weighted by molar-refractivity contribution is 5.99. The Labute approximate surface area is 140 Å². The van der Waals surface area contributed by atoms with E-state index in [4.69, 9.17) is 4.74 Å². The number of anilines is 1. The molecule has 1 aliphatic carbocycles. The van der Waals surface area contributed by atoms with Crippen LogP contribution in [0.25, 0.3) is 0 Å². The molecule has 0 unspecified atom stereocenters. The highest BCUT2D eigenvalue weighted by Crippen LogP contribution is 2.43. The average Bonchev–Trinajstić information content (AvgIpc) is 2.92. The van der Waals surface area contributed by atoms with Crippen LogP contribution in [0.5, 0.6) is 5.75 Å². The summed E-state index contributed by atoms with van der Waals surface area (Å²) in [6.07, 6.45) is 1.41. The van der Waals surface area contributed by atoms with Gasteiger partial charge >= 0.3 is 0 Å². The van der Waals surface area contributed by atoms with E-state index in [-0.39, 0.29) is 11.8 Å². The van der Waals surface area contributed by atoms with Gasteiger partial charge in [-0.3, -0.25) is 4.79 Å². The largest absolute Gasteiger partial charge is 0.496 e. The predicted molar refractivity (Wildman–Crippen MR) is 89.9 cm³/mol. The molecule has 1 N–H and O–H groups in total. The van der Waals surface area contributed by atoms with Crippen LogP contribution in [0, 0.1) is 12.8 Å². The Morgan fingerprint density at radius 3 is 2.88 bits per heavy atom. The van der Waals surface area contributed by atoms with Gasteiger partial charge in [0.05, 0.1) is 7.11 Å². The maximum atomic E-state index is 12.8. The second-order valence-corrected chi connectivity index (χ2v) is 6.53. The van der Waals surface area contributed by atoms with E-state index in [2.05, 4.69) is 22.3 Å². The van der Waals surface area contributed by atoms with Gasteiger partial charge in [0.1, 0.15) is 17.6 Å². The molecule has 1 aromatic heterocycles. The van der Waals surface area contributed by atoms with E-state index >= 15 is 0 Å². The van der Waals surface area contributed by atoms with Crippen LogP contribution in [-0.2, 0) is 4.79 Å². The van der Waals surface area contributed by atoms with E-state index in [9.17, 15) is 4.79 Å². The lowest BCUT2D eigenvalue weighted by atomic mass is 9.81. The van der Waals surface area contributed by atoms with Crippen molar-refractivity contribution in [2.45, 2.75) is 32.7 Å². The first-order chi connectivity index (χ1) is 11.6. The Hall–Kier alpha value is -2.63. The minimum atomic E-state index is -0.298. The van der Waals surface area contributed by atoms with Crippen LogP contribution in [0.4, 0.5) is 5.95 Å². The number of aromatic nitrogens is 3. The van der Waals surface area contributed by atoms with Gasteiger partial charge in [-0.1, -0.05) is 25.1 Å². The zero-order valence-electron chi connectivity index (χ0n) is 14.0. The molecule has 24 heavy (non-hydrogen) atoms. The number of ketones is 1. The molecule has 2 heterocycles. The first-order valence-corrected chi connectivity index (χ1v) is 8.17. The van der Waals surface area contributed by atoms with Gasteiger partial charge in [0.2, 0.25) is 5.95 Å². The molecular formula is C18H20N4O2. The van der Waals surface area contributed by atoms with Gasteiger partial charge in [0, 0.05) is 23.3 Å². The number of aryl methyl sites for hydroxylation is 1. The maximum absolute atomic E-state index is 12.8. The summed E-state index contributed by atoms with van der Waals surface area (Å²) in [6.45, 7) is 3.96. The number of carbonyl (C=O) groups is 1. The zero-order chi connectivity index (χ0) is 16.8. The van der Waals surface area contributed by atoms with Crippen molar-refractivity contribution in [1.82, 2.24) is 14.8 Å². The van der Waals surface area contributed by atoms with Crippen molar-refractivity contribution >= 4 is 11.7 Å². The number of ether oxygens (including phenoxy) is 1. The van der Waals surface area contributed by atoms with Gasteiger partial charge < -0.3 is 10.1 Å². The molecule has 6 nitrogen and oxygen atoms in total. The molecule has 0 amide bonds. The first kappa shape index (κ1) is 14.9. The molecule has 0 fully saturated rings. The predicted octanol–water partition coefficient (Wildman–Crippen LogP) is 2.86. The van der Waals surface area contributed by atoms with E-state index in [1.165, 1.54) is 0 Å². The fourth-order valence-corrected chi connectivity index (χ4v) is 3.69. The van der Waals surface area contributed by atoms with Gasteiger partial charge in [-0.2, -0.15) is 10.1 Å². The van der Waals surface area contributed by atoms with E-state index in [1.807, 2.05) is 31.2 Å². The van der Waals surface area contributed by atoms with Crippen molar-refractivity contribution in [2.75, 3.05) is 12.4 Å². The van der Waals surface area contributed by atoms with Crippen molar-refractivity contribution < 1.29 is 9.53 Å². The third-order valence-corrected chi connectivity index (χ3v) is 4.66. The average molecular weight is 324 g/mol. The molecule has 1 aromatic carbocycles. The fraction of sp³-hybridized carbons (Fsp3) is 0.389. The summed E-state index contributed by atoms with van der Waals surface area (Å²) < 4.78 is 7.35. The lowest BCUT2D eigenvalue weighted by Gasteiger charge is -2.34. The lowest BCUT2D eigenvalue weighted by Crippen LogP contribution is -2.33. The van der Waals surface area contributed by atoms with E-state index in [0.29, 0.717) is 24.1 Å². The summed E-state index contributed by atoms with van der Waals surface area (Å²) in [7, 11) is 1.65. The van der Waals surface area contributed by atoms with Crippen molar-refractivity contribution in [2.24, 2.45) is 5.92 Å². The molecule has 1 aliphatic heterocycles. The van der Waals surface area contributed by atoms with Crippen LogP contribution < -0.4 is 10.1 Å². The number of methoxy groups -OCH3 is 1. The minimum Gasteiger partial charge on any atom is -0.496 e. The number of para-hydroxylation sites is 1. The molecule has 0 saturated carbocycles.